The van der Waals surface area contributed by atoms with Crippen LogP contribution in [0.3, 0.4) is 0 Å². The van der Waals surface area contributed by atoms with Crippen LogP contribution in [0.4, 0.5) is 0 Å². The first-order chi connectivity index (χ1) is 12.6. The summed E-state index contributed by atoms with van der Waals surface area (Å²) in [6, 6.07) is 2.52. The minimum atomic E-state index is 0.186. The van der Waals surface area contributed by atoms with Crippen LogP contribution in [0.1, 0.15) is 56.1 Å². The topological polar surface area (TPSA) is 68.0 Å². The van der Waals surface area contributed by atoms with E-state index in [2.05, 4.69) is 51.2 Å². The molecule has 3 heterocycles. The average Bonchev–Trinajstić information content (AvgIpc) is 3.17. The summed E-state index contributed by atoms with van der Waals surface area (Å²) in [4.78, 5) is 14.4. The van der Waals surface area contributed by atoms with Crippen molar-refractivity contribution in [1.82, 2.24) is 29.8 Å². The second kappa shape index (κ2) is 7.23. The number of carbonyl (C=O) groups excluding carboxylic acids is 1. The highest BCUT2D eigenvalue weighted by Gasteiger charge is 2.25. The maximum absolute atomic E-state index is 12.0. The van der Waals surface area contributed by atoms with Crippen LogP contribution in [0, 0.1) is 5.92 Å². The van der Waals surface area contributed by atoms with Gasteiger partial charge in [-0.05, 0) is 32.8 Å². The first kappa shape index (κ1) is 17.3. The molecule has 0 bridgehead atoms. The van der Waals surface area contributed by atoms with Crippen LogP contribution in [0.25, 0.3) is 0 Å². The van der Waals surface area contributed by atoms with Gasteiger partial charge in [0.05, 0.1) is 30.7 Å². The number of amides is 1. The van der Waals surface area contributed by atoms with Gasteiger partial charge >= 0.3 is 0 Å². The Hall–Kier alpha value is -2.15. The summed E-state index contributed by atoms with van der Waals surface area (Å²) in [6.45, 7) is 8.49. The van der Waals surface area contributed by atoms with E-state index in [1.807, 2.05) is 10.9 Å². The molecular weight excluding hydrogens is 328 g/mol. The molecule has 2 aliphatic rings. The molecule has 0 aromatic carbocycles. The van der Waals surface area contributed by atoms with Gasteiger partial charge in [0.1, 0.15) is 0 Å². The van der Waals surface area contributed by atoms with Crippen molar-refractivity contribution in [3.8, 4) is 0 Å². The third kappa shape index (κ3) is 3.67. The highest BCUT2D eigenvalue weighted by Crippen LogP contribution is 2.26. The van der Waals surface area contributed by atoms with E-state index < -0.39 is 0 Å². The van der Waals surface area contributed by atoms with Crippen LogP contribution in [-0.4, -0.2) is 36.9 Å². The maximum Gasteiger partial charge on any atom is 0.223 e. The molecule has 2 aromatic rings. The van der Waals surface area contributed by atoms with E-state index in [0.29, 0.717) is 12.6 Å². The SMILES string of the molecule is CC(C)n1cc(CN2CCn3nc(CNC(=O)C4CCC4)cc3C2)cn1. The number of hydrogen-bond donors (Lipinski definition) is 1. The summed E-state index contributed by atoms with van der Waals surface area (Å²) in [5.41, 5.74) is 3.43. The molecule has 0 unspecified atom stereocenters. The Labute approximate surface area is 154 Å². The van der Waals surface area contributed by atoms with Crippen molar-refractivity contribution in [3.05, 3.63) is 35.4 Å². The lowest BCUT2D eigenvalue weighted by Crippen LogP contribution is -2.34. The van der Waals surface area contributed by atoms with Crippen molar-refractivity contribution in [2.75, 3.05) is 6.54 Å². The van der Waals surface area contributed by atoms with Crippen molar-refractivity contribution in [2.45, 2.75) is 65.3 Å². The monoisotopic (exact) mass is 356 g/mol. The lowest BCUT2D eigenvalue weighted by atomic mass is 9.85. The Morgan fingerprint density at radius 1 is 1.35 bits per heavy atom. The molecule has 140 valence electrons. The van der Waals surface area contributed by atoms with Crippen LogP contribution < -0.4 is 5.32 Å². The second-order valence-corrected chi connectivity index (χ2v) is 7.83. The molecule has 1 saturated carbocycles. The van der Waals surface area contributed by atoms with Gasteiger partial charge in [0.15, 0.2) is 0 Å². The molecule has 1 fully saturated rings. The Bertz CT molecular complexity index is 773. The normalized spacial score (nSPS) is 18.0. The van der Waals surface area contributed by atoms with Crippen LogP contribution >= 0.6 is 0 Å². The fourth-order valence-corrected chi connectivity index (χ4v) is 3.59. The lowest BCUT2D eigenvalue weighted by Gasteiger charge is -2.26. The smallest absolute Gasteiger partial charge is 0.223 e. The highest BCUT2D eigenvalue weighted by atomic mass is 16.1. The molecule has 1 aliphatic heterocycles. The molecule has 2 aromatic heterocycles. The molecule has 1 amide bonds. The van der Waals surface area contributed by atoms with Gasteiger partial charge < -0.3 is 5.32 Å². The molecular formula is C19H28N6O. The number of rotatable bonds is 6. The summed E-state index contributed by atoms with van der Waals surface area (Å²) in [6.07, 6.45) is 7.36. The third-order valence-corrected chi connectivity index (χ3v) is 5.44. The highest BCUT2D eigenvalue weighted by molar-refractivity contribution is 5.79. The first-order valence-electron chi connectivity index (χ1n) is 9.67. The Morgan fingerprint density at radius 3 is 2.88 bits per heavy atom. The Morgan fingerprint density at radius 2 is 2.19 bits per heavy atom. The first-order valence-corrected chi connectivity index (χ1v) is 9.67. The van der Waals surface area contributed by atoms with Crippen molar-refractivity contribution in [3.63, 3.8) is 0 Å². The standard InChI is InChI=1S/C19H28N6O/c1-14(2)25-12-15(9-21-25)11-23-6-7-24-18(13-23)8-17(22-24)10-20-19(26)16-4-3-5-16/h8-9,12,14,16H,3-7,10-11,13H2,1-2H3,(H,20,26). The minimum absolute atomic E-state index is 0.186. The fraction of sp³-hybridized carbons (Fsp3) is 0.632. The third-order valence-electron chi connectivity index (χ3n) is 5.44. The van der Waals surface area contributed by atoms with Gasteiger partial charge in [-0.3, -0.25) is 19.1 Å². The van der Waals surface area contributed by atoms with Crippen LogP contribution in [0.5, 0.6) is 0 Å². The zero-order valence-corrected chi connectivity index (χ0v) is 15.7. The summed E-state index contributed by atoms with van der Waals surface area (Å²) < 4.78 is 4.09. The fourth-order valence-electron chi connectivity index (χ4n) is 3.59. The molecule has 1 N–H and O–H groups in total. The van der Waals surface area contributed by atoms with Gasteiger partial charge in [-0.2, -0.15) is 10.2 Å². The molecule has 0 atom stereocenters. The minimum Gasteiger partial charge on any atom is -0.350 e. The van der Waals surface area contributed by atoms with Gasteiger partial charge in [0.2, 0.25) is 5.91 Å². The molecule has 7 nitrogen and oxygen atoms in total. The molecule has 26 heavy (non-hydrogen) atoms. The number of nitrogens with zero attached hydrogens (tertiary/aromatic N) is 5. The van der Waals surface area contributed by atoms with Crippen molar-refractivity contribution in [2.24, 2.45) is 5.92 Å². The van der Waals surface area contributed by atoms with E-state index in [0.717, 1.165) is 44.7 Å². The second-order valence-electron chi connectivity index (χ2n) is 7.83. The molecule has 7 heteroatoms. The van der Waals surface area contributed by atoms with E-state index >= 15 is 0 Å². The number of carbonyl (C=O) groups is 1. The van der Waals surface area contributed by atoms with Crippen LogP contribution in [0.2, 0.25) is 0 Å². The molecule has 0 spiro atoms. The zero-order chi connectivity index (χ0) is 18.1. The Balaban J connectivity index is 1.33. The summed E-state index contributed by atoms with van der Waals surface area (Å²) in [5, 5.41) is 12.1. The van der Waals surface area contributed by atoms with Gasteiger partial charge in [-0.1, -0.05) is 6.42 Å². The number of nitrogens with one attached hydrogen (secondary N) is 1. The molecule has 0 radical (unpaired) electrons. The predicted octanol–water partition coefficient (Wildman–Crippen LogP) is 2.09. The zero-order valence-electron chi connectivity index (χ0n) is 15.7. The van der Waals surface area contributed by atoms with Gasteiger partial charge in [-0.25, -0.2) is 0 Å². The van der Waals surface area contributed by atoms with Crippen molar-refractivity contribution < 1.29 is 4.79 Å². The number of hydrogen-bond acceptors (Lipinski definition) is 4. The Kier molecular flexibility index (Phi) is 4.80. The molecule has 4 rings (SSSR count). The summed E-state index contributed by atoms with van der Waals surface area (Å²) in [5.74, 6) is 0.417. The lowest BCUT2D eigenvalue weighted by molar-refractivity contribution is -0.127. The summed E-state index contributed by atoms with van der Waals surface area (Å²) in [7, 11) is 0. The van der Waals surface area contributed by atoms with E-state index in [1.54, 1.807) is 0 Å². The quantitative estimate of drug-likeness (QED) is 0.861. The number of aromatic nitrogens is 4. The average molecular weight is 356 g/mol. The van der Waals surface area contributed by atoms with E-state index in [1.165, 1.54) is 17.7 Å². The number of fused-ring (bicyclic) bond motifs is 1. The predicted molar refractivity (Wildman–Crippen MR) is 98.1 cm³/mol. The largest absolute Gasteiger partial charge is 0.350 e. The molecule has 1 aliphatic carbocycles. The van der Waals surface area contributed by atoms with E-state index in [4.69, 9.17) is 0 Å². The van der Waals surface area contributed by atoms with Gasteiger partial charge in [0.25, 0.3) is 0 Å². The van der Waals surface area contributed by atoms with Gasteiger partial charge in [0, 0.05) is 43.4 Å². The maximum atomic E-state index is 12.0. The van der Waals surface area contributed by atoms with Crippen molar-refractivity contribution >= 4 is 5.91 Å². The van der Waals surface area contributed by atoms with E-state index in [9.17, 15) is 4.79 Å². The van der Waals surface area contributed by atoms with Gasteiger partial charge in [-0.15, -0.1) is 0 Å². The van der Waals surface area contributed by atoms with Crippen LogP contribution in [-0.2, 0) is 31.0 Å². The van der Waals surface area contributed by atoms with Crippen LogP contribution in [0.15, 0.2) is 18.5 Å². The van der Waals surface area contributed by atoms with E-state index in [-0.39, 0.29) is 11.8 Å². The molecule has 0 saturated heterocycles. The summed E-state index contributed by atoms with van der Waals surface area (Å²) >= 11 is 0. The van der Waals surface area contributed by atoms with Crippen molar-refractivity contribution in [1.29, 1.82) is 0 Å².